The number of methoxy groups -OCH3 is 1. The minimum Gasteiger partial charge on any atom is -0.489 e. The minimum absolute atomic E-state index is 0.209. The van der Waals surface area contributed by atoms with Crippen molar-refractivity contribution < 1.29 is 19.1 Å². The molecule has 2 aromatic carbocycles. The van der Waals surface area contributed by atoms with Crippen molar-refractivity contribution in [1.82, 2.24) is 0 Å². The first-order chi connectivity index (χ1) is 11.3. The Bertz CT molecular complexity index is 796. The summed E-state index contributed by atoms with van der Waals surface area (Å²) in [5.74, 6) is -0.763. The number of benzene rings is 2. The van der Waals surface area contributed by atoms with Gasteiger partial charge in [0.2, 0.25) is 0 Å². The molecular formula is C19H19IO4. The third kappa shape index (κ3) is 3.95. The average Bonchev–Trinajstić information content (AvgIpc) is 2.56. The topological polar surface area (TPSA) is 52.6 Å². The number of aryl methyl sites for hydroxylation is 3. The van der Waals surface area contributed by atoms with Crippen LogP contribution in [0.2, 0.25) is 0 Å². The van der Waals surface area contributed by atoms with Gasteiger partial charge in [0.25, 0.3) is 5.78 Å². The Labute approximate surface area is 155 Å². The predicted octanol–water partition coefficient (Wildman–Crippen LogP) is 4.15. The molecule has 0 aliphatic carbocycles. The highest BCUT2D eigenvalue weighted by Gasteiger charge is 2.22. The molecule has 0 heterocycles. The van der Waals surface area contributed by atoms with Crippen LogP contribution in [0.1, 0.15) is 32.6 Å². The predicted molar refractivity (Wildman–Crippen MR) is 100 cm³/mol. The highest BCUT2D eigenvalue weighted by atomic mass is 127. The van der Waals surface area contributed by atoms with E-state index in [0.717, 1.165) is 20.4 Å². The summed E-state index contributed by atoms with van der Waals surface area (Å²) < 4.78 is 11.3. The summed E-state index contributed by atoms with van der Waals surface area (Å²) >= 11 is 2.13. The molecule has 5 heteroatoms. The van der Waals surface area contributed by atoms with Crippen LogP contribution in [0.4, 0.5) is 0 Å². The third-order valence-corrected chi connectivity index (χ3v) is 4.91. The normalized spacial score (nSPS) is 10.4. The van der Waals surface area contributed by atoms with Gasteiger partial charge in [0.1, 0.15) is 12.4 Å². The van der Waals surface area contributed by atoms with Crippen LogP contribution in [0.3, 0.4) is 0 Å². The lowest BCUT2D eigenvalue weighted by molar-refractivity contribution is -0.135. The second kappa shape index (κ2) is 7.79. The molecule has 0 radical (unpaired) electrons. The maximum Gasteiger partial charge on any atom is 0.379 e. The van der Waals surface area contributed by atoms with Gasteiger partial charge in [0, 0.05) is 14.7 Å². The fraction of sp³-hybridized carbons (Fsp3) is 0.263. The van der Waals surface area contributed by atoms with Gasteiger partial charge in [-0.3, -0.25) is 4.79 Å². The molecule has 0 aliphatic rings. The van der Waals surface area contributed by atoms with Gasteiger partial charge in [-0.1, -0.05) is 18.2 Å². The standard InChI is InChI=1S/C19H19IO4/c1-11-8-13(3)17(9-12(11)2)24-10-15-14(6-5-7-16(15)20)18(21)19(22)23-4/h5-9H,10H2,1-4H3. The van der Waals surface area contributed by atoms with Gasteiger partial charge in [0.15, 0.2) is 0 Å². The number of hydrogen-bond donors (Lipinski definition) is 0. The average molecular weight is 438 g/mol. The number of halogens is 1. The maximum atomic E-state index is 12.2. The van der Waals surface area contributed by atoms with Crippen molar-refractivity contribution in [2.45, 2.75) is 27.4 Å². The molecule has 24 heavy (non-hydrogen) atoms. The van der Waals surface area contributed by atoms with Crippen molar-refractivity contribution in [2.24, 2.45) is 0 Å². The lowest BCUT2D eigenvalue weighted by Gasteiger charge is -2.14. The van der Waals surface area contributed by atoms with Crippen molar-refractivity contribution in [3.63, 3.8) is 0 Å². The molecule has 0 aromatic heterocycles. The number of hydrogen-bond acceptors (Lipinski definition) is 4. The Balaban J connectivity index is 2.32. The van der Waals surface area contributed by atoms with Crippen molar-refractivity contribution in [2.75, 3.05) is 7.11 Å². The van der Waals surface area contributed by atoms with Crippen LogP contribution < -0.4 is 4.74 Å². The van der Waals surface area contributed by atoms with Crippen LogP contribution in [0.25, 0.3) is 0 Å². The molecule has 0 atom stereocenters. The van der Waals surface area contributed by atoms with Gasteiger partial charge in [-0.25, -0.2) is 4.79 Å². The molecule has 2 rings (SSSR count). The third-order valence-electron chi connectivity index (χ3n) is 3.90. The fourth-order valence-corrected chi connectivity index (χ4v) is 3.01. The number of Topliss-reactive ketones (excluding diaryl/α,β-unsaturated/α-hetero) is 1. The van der Waals surface area contributed by atoms with E-state index < -0.39 is 11.8 Å². The van der Waals surface area contributed by atoms with Crippen molar-refractivity contribution >= 4 is 34.3 Å². The van der Waals surface area contributed by atoms with Crippen molar-refractivity contribution in [3.8, 4) is 5.75 Å². The van der Waals surface area contributed by atoms with E-state index in [0.29, 0.717) is 11.1 Å². The zero-order valence-electron chi connectivity index (χ0n) is 14.1. The summed E-state index contributed by atoms with van der Waals surface area (Å²) in [5.41, 5.74) is 4.38. The Morgan fingerprint density at radius 3 is 2.38 bits per heavy atom. The Morgan fingerprint density at radius 2 is 1.71 bits per heavy atom. The second-order valence-corrected chi connectivity index (χ2v) is 6.74. The lowest BCUT2D eigenvalue weighted by Crippen LogP contribution is -2.19. The van der Waals surface area contributed by atoms with Gasteiger partial charge >= 0.3 is 5.97 Å². The fourth-order valence-electron chi connectivity index (χ4n) is 2.36. The van der Waals surface area contributed by atoms with E-state index in [4.69, 9.17) is 4.74 Å². The van der Waals surface area contributed by atoms with Gasteiger partial charge in [-0.15, -0.1) is 0 Å². The quantitative estimate of drug-likeness (QED) is 0.305. The summed E-state index contributed by atoms with van der Waals surface area (Å²) in [4.78, 5) is 23.8. The number of carbonyl (C=O) groups is 2. The minimum atomic E-state index is -0.874. The van der Waals surface area contributed by atoms with Gasteiger partial charge in [-0.05, 0) is 72.2 Å². The highest BCUT2D eigenvalue weighted by Crippen LogP contribution is 2.25. The first kappa shape index (κ1) is 18.4. The summed E-state index contributed by atoms with van der Waals surface area (Å²) in [7, 11) is 1.20. The first-order valence-corrected chi connectivity index (χ1v) is 8.53. The maximum absolute atomic E-state index is 12.2. The van der Waals surface area contributed by atoms with Gasteiger partial charge < -0.3 is 9.47 Å². The highest BCUT2D eigenvalue weighted by molar-refractivity contribution is 14.1. The van der Waals surface area contributed by atoms with E-state index in [2.05, 4.69) is 40.3 Å². The van der Waals surface area contributed by atoms with E-state index in [1.54, 1.807) is 12.1 Å². The lowest BCUT2D eigenvalue weighted by atomic mass is 10.0. The summed E-state index contributed by atoms with van der Waals surface area (Å²) in [5, 5.41) is 0. The molecule has 0 amide bonds. The van der Waals surface area contributed by atoms with Gasteiger partial charge in [-0.2, -0.15) is 0 Å². The van der Waals surface area contributed by atoms with Crippen molar-refractivity contribution in [1.29, 1.82) is 0 Å². The molecule has 126 valence electrons. The first-order valence-electron chi connectivity index (χ1n) is 7.45. The van der Waals surface area contributed by atoms with Crippen LogP contribution in [0.5, 0.6) is 5.75 Å². The van der Waals surface area contributed by atoms with E-state index in [-0.39, 0.29) is 6.61 Å². The monoisotopic (exact) mass is 438 g/mol. The number of ketones is 1. The van der Waals surface area contributed by atoms with E-state index in [1.807, 2.05) is 26.0 Å². The number of carbonyl (C=O) groups excluding carboxylic acids is 2. The summed E-state index contributed by atoms with van der Waals surface area (Å²) in [6.07, 6.45) is 0. The van der Waals surface area contributed by atoms with E-state index in [9.17, 15) is 9.59 Å². The van der Waals surface area contributed by atoms with Crippen LogP contribution in [-0.4, -0.2) is 18.9 Å². The largest absolute Gasteiger partial charge is 0.489 e. The smallest absolute Gasteiger partial charge is 0.379 e. The molecule has 2 aromatic rings. The molecule has 0 spiro atoms. The molecule has 0 unspecified atom stereocenters. The molecule has 0 saturated carbocycles. The molecule has 0 aliphatic heterocycles. The summed E-state index contributed by atoms with van der Waals surface area (Å²) in [6, 6.07) is 9.29. The summed E-state index contributed by atoms with van der Waals surface area (Å²) in [6.45, 7) is 6.28. The van der Waals surface area contributed by atoms with Crippen molar-refractivity contribution in [3.05, 3.63) is 61.7 Å². The Kier molecular flexibility index (Phi) is 5.99. The zero-order valence-corrected chi connectivity index (χ0v) is 16.3. The van der Waals surface area contributed by atoms with E-state index in [1.165, 1.54) is 12.7 Å². The second-order valence-electron chi connectivity index (χ2n) is 5.58. The number of esters is 1. The Morgan fingerprint density at radius 1 is 1.04 bits per heavy atom. The number of ether oxygens (including phenoxy) is 2. The van der Waals surface area contributed by atoms with E-state index >= 15 is 0 Å². The SMILES string of the molecule is COC(=O)C(=O)c1cccc(I)c1COc1cc(C)c(C)cc1C. The van der Waals surface area contributed by atoms with Crippen LogP contribution in [-0.2, 0) is 16.1 Å². The molecule has 0 fully saturated rings. The van der Waals surface area contributed by atoms with Crippen LogP contribution >= 0.6 is 22.6 Å². The molecular weight excluding hydrogens is 419 g/mol. The Hall–Kier alpha value is -1.89. The molecule has 0 saturated heterocycles. The van der Waals surface area contributed by atoms with Crippen LogP contribution in [0, 0.1) is 24.3 Å². The molecule has 0 bridgehead atoms. The molecule has 4 nitrogen and oxygen atoms in total. The van der Waals surface area contributed by atoms with Gasteiger partial charge in [0.05, 0.1) is 7.11 Å². The zero-order chi connectivity index (χ0) is 17.9. The van der Waals surface area contributed by atoms with Crippen LogP contribution in [0.15, 0.2) is 30.3 Å². The molecule has 0 N–H and O–H groups in total. The number of rotatable bonds is 5.